The minimum absolute atomic E-state index is 0.391. The van der Waals surface area contributed by atoms with Gasteiger partial charge in [-0.25, -0.2) is 9.78 Å². The molecular weight excluding hydrogens is 308 g/mol. The van der Waals surface area contributed by atoms with Crippen molar-refractivity contribution in [3.8, 4) is 0 Å². The molecule has 0 saturated heterocycles. The number of nitrogens with one attached hydrogen (secondary N) is 1. The fraction of sp³-hybridized carbons (Fsp3) is 0.667. The molecule has 0 atom stereocenters. The minimum atomic E-state index is -0.474. The lowest BCUT2D eigenvalue weighted by Gasteiger charge is -2.21. The standard InChI is InChI=1S/C18H28N2O2S/c1-13-10-16(23-15-8-6-5-7-9-15)19-11-14(13)12-20-17(21)22-18(2,3)4/h10-11,15H,5-9,12H2,1-4H3,(H,20,21). The van der Waals surface area contributed by atoms with Crippen LogP contribution in [0.25, 0.3) is 0 Å². The maximum Gasteiger partial charge on any atom is 0.407 e. The topological polar surface area (TPSA) is 51.2 Å². The Kier molecular flexibility index (Phi) is 6.33. The molecule has 1 aliphatic carbocycles. The molecule has 0 bridgehead atoms. The van der Waals surface area contributed by atoms with Crippen LogP contribution in [-0.2, 0) is 11.3 Å². The Bertz CT molecular complexity index is 534. The van der Waals surface area contributed by atoms with Gasteiger partial charge in [0.05, 0.1) is 5.03 Å². The summed E-state index contributed by atoms with van der Waals surface area (Å²) in [5.41, 5.74) is 1.72. The molecule has 0 spiro atoms. The van der Waals surface area contributed by atoms with E-state index in [1.165, 1.54) is 32.1 Å². The Morgan fingerprint density at radius 1 is 1.35 bits per heavy atom. The summed E-state index contributed by atoms with van der Waals surface area (Å²) in [6, 6.07) is 2.13. The number of nitrogens with zero attached hydrogens (tertiary/aromatic N) is 1. The van der Waals surface area contributed by atoms with Crippen molar-refractivity contribution in [2.75, 3.05) is 0 Å². The average Bonchev–Trinajstić information content (AvgIpc) is 2.45. The highest BCUT2D eigenvalue weighted by molar-refractivity contribution is 7.99. The third-order valence-corrected chi connectivity index (χ3v) is 5.13. The van der Waals surface area contributed by atoms with Crippen molar-refractivity contribution in [3.63, 3.8) is 0 Å². The lowest BCUT2D eigenvalue weighted by atomic mass is 10.0. The molecule has 0 aliphatic heterocycles. The van der Waals surface area contributed by atoms with Gasteiger partial charge < -0.3 is 10.1 Å². The molecule has 1 N–H and O–H groups in total. The summed E-state index contributed by atoms with van der Waals surface area (Å²) in [7, 11) is 0. The minimum Gasteiger partial charge on any atom is -0.444 e. The van der Waals surface area contributed by atoms with Gasteiger partial charge in [0.15, 0.2) is 0 Å². The molecule has 1 aliphatic rings. The summed E-state index contributed by atoms with van der Waals surface area (Å²) in [6.07, 6.45) is 8.14. The molecule has 1 heterocycles. The number of pyridine rings is 1. The number of hydrogen-bond acceptors (Lipinski definition) is 4. The first-order valence-corrected chi connectivity index (χ1v) is 9.30. The van der Waals surface area contributed by atoms with Crippen molar-refractivity contribution in [3.05, 3.63) is 23.4 Å². The van der Waals surface area contributed by atoms with E-state index < -0.39 is 11.7 Å². The van der Waals surface area contributed by atoms with Crippen LogP contribution in [0, 0.1) is 6.92 Å². The molecule has 5 heteroatoms. The van der Waals surface area contributed by atoms with Gasteiger partial charge in [0.1, 0.15) is 5.60 Å². The SMILES string of the molecule is Cc1cc(SC2CCCCC2)ncc1CNC(=O)OC(C)(C)C. The Hall–Kier alpha value is -1.23. The normalized spacial score (nSPS) is 16.2. The van der Waals surface area contributed by atoms with Crippen LogP contribution < -0.4 is 5.32 Å². The second-order valence-electron chi connectivity index (χ2n) is 7.18. The monoisotopic (exact) mass is 336 g/mol. The molecule has 1 fully saturated rings. The molecule has 4 nitrogen and oxygen atoms in total. The van der Waals surface area contributed by atoms with Crippen molar-refractivity contribution in [2.45, 2.75) is 82.2 Å². The number of hydrogen-bond donors (Lipinski definition) is 1. The Balaban J connectivity index is 1.87. The number of rotatable bonds is 4. The smallest absolute Gasteiger partial charge is 0.407 e. The van der Waals surface area contributed by atoms with Gasteiger partial charge in [-0.2, -0.15) is 0 Å². The van der Waals surface area contributed by atoms with Crippen molar-refractivity contribution in [2.24, 2.45) is 0 Å². The first-order chi connectivity index (χ1) is 10.8. The highest BCUT2D eigenvalue weighted by Crippen LogP contribution is 2.33. The van der Waals surface area contributed by atoms with E-state index in [0.29, 0.717) is 11.8 Å². The van der Waals surface area contributed by atoms with E-state index in [4.69, 9.17) is 4.74 Å². The van der Waals surface area contributed by atoms with E-state index in [-0.39, 0.29) is 0 Å². The molecule has 23 heavy (non-hydrogen) atoms. The van der Waals surface area contributed by atoms with Gasteiger partial charge >= 0.3 is 6.09 Å². The van der Waals surface area contributed by atoms with Crippen LogP contribution in [-0.4, -0.2) is 21.9 Å². The Morgan fingerprint density at radius 3 is 2.65 bits per heavy atom. The summed E-state index contributed by atoms with van der Waals surface area (Å²) in [6.45, 7) is 8.09. The van der Waals surface area contributed by atoms with E-state index in [1.807, 2.05) is 38.7 Å². The summed E-state index contributed by atoms with van der Waals surface area (Å²) in [5.74, 6) is 0. The van der Waals surface area contributed by atoms with Gasteiger partial charge in [-0.1, -0.05) is 19.3 Å². The molecule has 1 aromatic rings. The number of carbonyl (C=O) groups excluding carboxylic acids is 1. The highest BCUT2D eigenvalue weighted by atomic mass is 32.2. The van der Waals surface area contributed by atoms with Gasteiger partial charge in [-0.05, 0) is 57.7 Å². The number of thioether (sulfide) groups is 1. The Morgan fingerprint density at radius 2 is 2.04 bits per heavy atom. The molecule has 1 aromatic heterocycles. The van der Waals surface area contributed by atoms with E-state index in [2.05, 4.69) is 23.3 Å². The maximum atomic E-state index is 11.7. The average molecular weight is 337 g/mol. The fourth-order valence-corrected chi connectivity index (χ4v) is 3.91. The van der Waals surface area contributed by atoms with E-state index in [9.17, 15) is 4.79 Å². The summed E-state index contributed by atoms with van der Waals surface area (Å²) in [4.78, 5) is 16.3. The van der Waals surface area contributed by atoms with Crippen LogP contribution in [0.1, 0.15) is 64.0 Å². The second-order valence-corrected chi connectivity index (χ2v) is 8.50. The zero-order chi connectivity index (χ0) is 16.9. The van der Waals surface area contributed by atoms with Crippen molar-refractivity contribution in [1.29, 1.82) is 0 Å². The zero-order valence-corrected chi connectivity index (χ0v) is 15.5. The number of alkyl carbamates (subject to hydrolysis) is 1. The van der Waals surface area contributed by atoms with Crippen LogP contribution in [0.3, 0.4) is 0 Å². The second kappa shape index (κ2) is 8.04. The van der Waals surface area contributed by atoms with Gasteiger partial charge in [-0.3, -0.25) is 0 Å². The summed E-state index contributed by atoms with van der Waals surface area (Å²) in [5, 5.41) is 4.59. The molecular formula is C18H28N2O2S. The van der Waals surface area contributed by atoms with Crippen molar-refractivity contribution < 1.29 is 9.53 Å². The van der Waals surface area contributed by atoms with Crippen LogP contribution in [0.2, 0.25) is 0 Å². The Labute approximate surface area is 143 Å². The molecule has 1 amide bonds. The first-order valence-electron chi connectivity index (χ1n) is 8.42. The van der Waals surface area contributed by atoms with E-state index >= 15 is 0 Å². The number of carbonyl (C=O) groups is 1. The van der Waals surface area contributed by atoms with Crippen molar-refractivity contribution in [1.82, 2.24) is 10.3 Å². The quantitative estimate of drug-likeness (QED) is 0.855. The molecule has 1 saturated carbocycles. The van der Waals surface area contributed by atoms with Crippen molar-refractivity contribution >= 4 is 17.9 Å². The number of aromatic nitrogens is 1. The molecule has 2 rings (SSSR count). The third-order valence-electron chi connectivity index (χ3n) is 3.86. The maximum absolute atomic E-state index is 11.7. The summed E-state index contributed by atoms with van der Waals surface area (Å²) >= 11 is 1.90. The third kappa shape index (κ3) is 6.42. The van der Waals surface area contributed by atoms with Gasteiger partial charge in [-0.15, -0.1) is 11.8 Å². The van der Waals surface area contributed by atoms with Crippen LogP contribution >= 0.6 is 11.8 Å². The number of amides is 1. The zero-order valence-electron chi connectivity index (χ0n) is 14.6. The number of aryl methyl sites for hydroxylation is 1. The molecule has 0 unspecified atom stereocenters. The van der Waals surface area contributed by atoms with Gasteiger partial charge in [0.25, 0.3) is 0 Å². The van der Waals surface area contributed by atoms with Crippen LogP contribution in [0.5, 0.6) is 0 Å². The highest BCUT2D eigenvalue weighted by Gasteiger charge is 2.17. The fourth-order valence-electron chi connectivity index (χ4n) is 2.64. The lowest BCUT2D eigenvalue weighted by molar-refractivity contribution is 0.0523. The predicted octanol–water partition coefficient (Wildman–Crippen LogP) is 4.84. The number of ether oxygens (including phenoxy) is 1. The first kappa shape index (κ1) is 18.1. The molecule has 0 radical (unpaired) electrons. The molecule has 128 valence electrons. The molecule has 0 aromatic carbocycles. The van der Waals surface area contributed by atoms with Crippen LogP contribution in [0.4, 0.5) is 4.79 Å². The van der Waals surface area contributed by atoms with Gasteiger partial charge in [0, 0.05) is 18.0 Å². The van der Waals surface area contributed by atoms with E-state index in [0.717, 1.165) is 16.2 Å². The van der Waals surface area contributed by atoms with E-state index in [1.54, 1.807) is 0 Å². The summed E-state index contributed by atoms with van der Waals surface area (Å²) < 4.78 is 5.25. The van der Waals surface area contributed by atoms with Crippen LogP contribution in [0.15, 0.2) is 17.3 Å². The largest absolute Gasteiger partial charge is 0.444 e. The lowest BCUT2D eigenvalue weighted by Crippen LogP contribution is -2.32. The van der Waals surface area contributed by atoms with Gasteiger partial charge in [0.2, 0.25) is 0 Å². The predicted molar refractivity (Wildman–Crippen MR) is 94.8 cm³/mol.